The van der Waals surface area contributed by atoms with E-state index in [4.69, 9.17) is 5.14 Å². The first-order valence-electron chi connectivity index (χ1n) is 10.1. The zero-order valence-electron chi connectivity index (χ0n) is 16.9. The van der Waals surface area contributed by atoms with Gasteiger partial charge in [-0.05, 0) is 31.0 Å². The van der Waals surface area contributed by atoms with E-state index in [1.54, 1.807) is 10.4 Å². The Hall–Kier alpha value is -1.57. The highest BCUT2D eigenvalue weighted by atomic mass is 32.2. The second-order valence-electron chi connectivity index (χ2n) is 7.62. The van der Waals surface area contributed by atoms with Gasteiger partial charge >= 0.3 is 0 Å². The average Bonchev–Trinajstić information content (AvgIpc) is 2.98. The van der Waals surface area contributed by atoms with Crippen molar-refractivity contribution >= 4 is 31.8 Å². The molecular weight excluding hydrogens is 430 g/mol. The Morgan fingerprint density at radius 2 is 1.50 bits per heavy atom. The van der Waals surface area contributed by atoms with Gasteiger partial charge in [0.25, 0.3) is 10.2 Å². The van der Waals surface area contributed by atoms with Crippen molar-refractivity contribution in [1.29, 1.82) is 0 Å². The Bertz CT molecular complexity index is 951. The number of carbonyl (C=O) groups is 1. The molecule has 0 aliphatic carbocycles. The van der Waals surface area contributed by atoms with Gasteiger partial charge in [0.05, 0.1) is 11.4 Å². The van der Waals surface area contributed by atoms with Crippen molar-refractivity contribution in [2.24, 2.45) is 5.14 Å². The third-order valence-corrected chi connectivity index (χ3v) is 8.31. The molecule has 2 aliphatic rings. The third-order valence-electron chi connectivity index (χ3n) is 5.36. The van der Waals surface area contributed by atoms with Gasteiger partial charge in [0, 0.05) is 45.0 Å². The number of carbonyl (C=O) groups excluding carboxylic acids is 1. The van der Waals surface area contributed by atoms with E-state index in [0.29, 0.717) is 45.0 Å². The molecule has 2 aliphatic heterocycles. The summed E-state index contributed by atoms with van der Waals surface area (Å²) in [4.78, 5) is 14.1. The number of rotatable bonds is 6. The molecule has 0 atom stereocenters. The zero-order chi connectivity index (χ0) is 21.8. The standard InChI is InChI=1S/C18H29N5O5S2/c19-29(25,26)17-7-5-6-16(14-17)20-18(24)15-21-10-12-23(13-11-21)30(27,28)22-8-3-1-2-4-9-22/h5-7,14H,1-4,8-13,15H2,(H,20,24)(H2,19,25,26). The molecule has 0 spiro atoms. The second kappa shape index (κ2) is 9.71. The molecule has 2 heterocycles. The summed E-state index contributed by atoms with van der Waals surface area (Å²) in [6, 6.07) is 5.74. The molecule has 0 saturated carbocycles. The lowest BCUT2D eigenvalue weighted by Crippen LogP contribution is -2.54. The van der Waals surface area contributed by atoms with E-state index in [9.17, 15) is 21.6 Å². The van der Waals surface area contributed by atoms with E-state index < -0.39 is 20.2 Å². The first kappa shape index (κ1) is 23.1. The van der Waals surface area contributed by atoms with Gasteiger partial charge < -0.3 is 5.32 Å². The lowest BCUT2D eigenvalue weighted by Gasteiger charge is -2.36. The summed E-state index contributed by atoms with van der Waals surface area (Å²) in [5.41, 5.74) is 0.342. The molecule has 1 aromatic carbocycles. The summed E-state index contributed by atoms with van der Waals surface area (Å²) in [6.07, 6.45) is 3.92. The van der Waals surface area contributed by atoms with Gasteiger partial charge in [-0.1, -0.05) is 18.9 Å². The molecule has 30 heavy (non-hydrogen) atoms. The molecule has 2 saturated heterocycles. The normalized spacial score (nSPS) is 20.6. The van der Waals surface area contributed by atoms with Crippen LogP contribution in [0, 0.1) is 0 Å². The number of nitrogens with one attached hydrogen (secondary N) is 1. The largest absolute Gasteiger partial charge is 0.325 e. The molecule has 1 amide bonds. The highest BCUT2D eigenvalue weighted by Crippen LogP contribution is 2.18. The molecule has 168 valence electrons. The number of nitrogens with two attached hydrogens (primary N) is 1. The molecule has 0 bridgehead atoms. The van der Waals surface area contributed by atoms with Crippen LogP contribution in [0.5, 0.6) is 0 Å². The number of nitrogens with zero attached hydrogens (tertiary/aromatic N) is 3. The topological polar surface area (TPSA) is 133 Å². The Morgan fingerprint density at radius 3 is 2.10 bits per heavy atom. The molecule has 3 rings (SSSR count). The van der Waals surface area contributed by atoms with Crippen LogP contribution in [0.3, 0.4) is 0 Å². The van der Waals surface area contributed by atoms with Crippen LogP contribution in [0.2, 0.25) is 0 Å². The van der Waals surface area contributed by atoms with Crippen LogP contribution in [0.15, 0.2) is 29.2 Å². The molecule has 1 aromatic rings. The van der Waals surface area contributed by atoms with Crippen molar-refractivity contribution < 1.29 is 21.6 Å². The van der Waals surface area contributed by atoms with Crippen molar-refractivity contribution in [2.45, 2.75) is 30.6 Å². The van der Waals surface area contributed by atoms with Crippen LogP contribution in [-0.4, -0.2) is 82.1 Å². The Morgan fingerprint density at radius 1 is 0.900 bits per heavy atom. The van der Waals surface area contributed by atoms with Crippen molar-refractivity contribution in [3.63, 3.8) is 0 Å². The number of anilines is 1. The lowest BCUT2D eigenvalue weighted by atomic mass is 10.2. The summed E-state index contributed by atoms with van der Waals surface area (Å²) in [6.45, 7) is 2.83. The SMILES string of the molecule is NS(=O)(=O)c1cccc(NC(=O)CN2CCN(S(=O)(=O)N3CCCCCC3)CC2)c1. The van der Waals surface area contributed by atoms with Gasteiger partial charge in [-0.15, -0.1) is 0 Å². The Balaban J connectivity index is 1.51. The first-order valence-corrected chi connectivity index (χ1v) is 13.0. The predicted octanol–water partition coefficient (Wildman–Crippen LogP) is 0.0109. The number of primary sulfonamides is 1. The summed E-state index contributed by atoms with van der Waals surface area (Å²) in [5, 5.41) is 7.77. The molecule has 2 fully saturated rings. The van der Waals surface area contributed by atoms with Gasteiger partial charge in [0.1, 0.15) is 0 Å². The Labute approximate surface area is 178 Å². The fourth-order valence-corrected chi connectivity index (χ4v) is 5.94. The van der Waals surface area contributed by atoms with Crippen molar-refractivity contribution in [3.8, 4) is 0 Å². The molecule has 0 aromatic heterocycles. The minimum atomic E-state index is -3.85. The van der Waals surface area contributed by atoms with Gasteiger partial charge in [0.2, 0.25) is 15.9 Å². The maximum atomic E-state index is 12.9. The third kappa shape index (κ3) is 5.99. The maximum absolute atomic E-state index is 12.9. The number of piperazine rings is 1. The van der Waals surface area contributed by atoms with Crippen LogP contribution in [0.25, 0.3) is 0 Å². The smallest absolute Gasteiger partial charge is 0.282 e. The molecule has 12 heteroatoms. The van der Waals surface area contributed by atoms with Crippen molar-refractivity contribution in [1.82, 2.24) is 13.5 Å². The quantitative estimate of drug-likeness (QED) is 0.616. The van der Waals surface area contributed by atoms with Crippen LogP contribution < -0.4 is 10.5 Å². The molecule has 0 unspecified atom stereocenters. The Kier molecular flexibility index (Phi) is 7.47. The fraction of sp³-hybridized carbons (Fsp3) is 0.611. The number of hydrogen-bond donors (Lipinski definition) is 2. The molecule has 3 N–H and O–H groups in total. The summed E-state index contributed by atoms with van der Waals surface area (Å²) in [7, 11) is -7.31. The predicted molar refractivity (Wildman–Crippen MR) is 113 cm³/mol. The van der Waals surface area contributed by atoms with Gasteiger partial charge in [0.15, 0.2) is 0 Å². The van der Waals surface area contributed by atoms with E-state index in [-0.39, 0.29) is 17.3 Å². The number of benzene rings is 1. The van der Waals surface area contributed by atoms with Gasteiger partial charge in [-0.25, -0.2) is 13.6 Å². The summed E-state index contributed by atoms with van der Waals surface area (Å²) in [5.74, 6) is -0.301. The number of sulfonamides is 1. The maximum Gasteiger partial charge on any atom is 0.282 e. The molecule has 10 nitrogen and oxygen atoms in total. The van der Waals surface area contributed by atoms with Gasteiger partial charge in [-0.3, -0.25) is 9.69 Å². The summed E-state index contributed by atoms with van der Waals surface area (Å²) >= 11 is 0. The molecular formula is C18H29N5O5S2. The van der Waals surface area contributed by atoms with E-state index in [0.717, 1.165) is 25.7 Å². The van der Waals surface area contributed by atoms with Crippen LogP contribution in [-0.2, 0) is 25.0 Å². The van der Waals surface area contributed by atoms with Crippen molar-refractivity contribution in [3.05, 3.63) is 24.3 Å². The zero-order valence-corrected chi connectivity index (χ0v) is 18.5. The summed E-state index contributed by atoms with van der Waals surface area (Å²) < 4.78 is 51.7. The highest BCUT2D eigenvalue weighted by molar-refractivity contribution is 7.89. The van der Waals surface area contributed by atoms with E-state index >= 15 is 0 Å². The average molecular weight is 460 g/mol. The van der Waals surface area contributed by atoms with Gasteiger partial charge in [-0.2, -0.15) is 17.0 Å². The van der Waals surface area contributed by atoms with Crippen LogP contribution >= 0.6 is 0 Å². The lowest BCUT2D eigenvalue weighted by molar-refractivity contribution is -0.117. The first-order chi connectivity index (χ1) is 14.2. The minimum Gasteiger partial charge on any atom is -0.325 e. The monoisotopic (exact) mass is 459 g/mol. The van der Waals surface area contributed by atoms with E-state index in [1.165, 1.54) is 22.5 Å². The van der Waals surface area contributed by atoms with Crippen LogP contribution in [0.1, 0.15) is 25.7 Å². The van der Waals surface area contributed by atoms with E-state index in [2.05, 4.69) is 5.32 Å². The highest BCUT2D eigenvalue weighted by Gasteiger charge is 2.32. The molecule has 0 radical (unpaired) electrons. The van der Waals surface area contributed by atoms with Crippen LogP contribution in [0.4, 0.5) is 5.69 Å². The fourth-order valence-electron chi connectivity index (χ4n) is 3.71. The van der Waals surface area contributed by atoms with Crippen molar-refractivity contribution in [2.75, 3.05) is 51.1 Å². The second-order valence-corrected chi connectivity index (χ2v) is 11.1. The minimum absolute atomic E-state index is 0.0763. The number of hydrogen-bond acceptors (Lipinski definition) is 6. The number of amides is 1. The van der Waals surface area contributed by atoms with E-state index in [1.807, 2.05) is 4.90 Å².